The van der Waals surface area contributed by atoms with Crippen molar-refractivity contribution >= 4 is 40.9 Å². The molecule has 1 aromatic carbocycles. The Labute approximate surface area is 144 Å². The molecule has 0 aliphatic carbocycles. The fourth-order valence-corrected chi connectivity index (χ4v) is 3.49. The first-order chi connectivity index (χ1) is 10.5. The Balaban J connectivity index is 2.01. The van der Waals surface area contributed by atoms with Gasteiger partial charge in [0.15, 0.2) is 0 Å². The van der Waals surface area contributed by atoms with Gasteiger partial charge in [-0.25, -0.2) is 0 Å². The molecule has 1 unspecified atom stereocenters. The van der Waals surface area contributed by atoms with Crippen LogP contribution in [-0.4, -0.2) is 28.1 Å². The van der Waals surface area contributed by atoms with E-state index in [1.807, 2.05) is 19.1 Å². The van der Waals surface area contributed by atoms with E-state index < -0.39 is 0 Å². The highest BCUT2D eigenvalue weighted by molar-refractivity contribution is 8.00. The van der Waals surface area contributed by atoms with Gasteiger partial charge < -0.3 is 4.90 Å². The highest BCUT2D eigenvalue weighted by Gasteiger charge is 2.20. The number of carbonyl (C=O) groups is 1. The summed E-state index contributed by atoms with van der Waals surface area (Å²) in [6.45, 7) is 2.39. The second kappa shape index (κ2) is 7.86. The maximum absolute atomic E-state index is 12.5. The number of thioether (sulfide) groups is 1. The van der Waals surface area contributed by atoms with Crippen molar-refractivity contribution in [3.63, 3.8) is 0 Å². The van der Waals surface area contributed by atoms with Crippen LogP contribution in [0.1, 0.15) is 12.5 Å². The SMILES string of the molecule is CC(Sc1cc(Cl)ccc1Cl)C(=O)N(C)Cc1cccnc1. The second-order valence-corrected chi connectivity index (χ2v) is 7.12. The number of aromatic nitrogens is 1. The monoisotopic (exact) mass is 354 g/mol. The van der Waals surface area contributed by atoms with E-state index >= 15 is 0 Å². The lowest BCUT2D eigenvalue weighted by Crippen LogP contribution is -2.32. The summed E-state index contributed by atoms with van der Waals surface area (Å²) in [7, 11) is 1.78. The molecule has 0 aliphatic rings. The molecule has 0 N–H and O–H groups in total. The molecule has 1 atom stereocenters. The summed E-state index contributed by atoms with van der Waals surface area (Å²) in [6.07, 6.45) is 3.47. The number of hydrogen-bond donors (Lipinski definition) is 0. The molecule has 6 heteroatoms. The van der Waals surface area contributed by atoms with Crippen molar-refractivity contribution in [1.29, 1.82) is 0 Å². The molecule has 1 heterocycles. The molecule has 0 radical (unpaired) electrons. The van der Waals surface area contributed by atoms with Crippen molar-refractivity contribution < 1.29 is 4.79 Å². The molecular weight excluding hydrogens is 339 g/mol. The fourth-order valence-electron chi connectivity index (χ4n) is 1.96. The summed E-state index contributed by atoms with van der Waals surface area (Å²) in [5.41, 5.74) is 0.997. The number of pyridine rings is 1. The number of halogens is 2. The molecular formula is C16H16Cl2N2OS. The minimum Gasteiger partial charge on any atom is -0.340 e. The smallest absolute Gasteiger partial charge is 0.235 e. The summed E-state index contributed by atoms with van der Waals surface area (Å²) in [4.78, 5) is 19.0. The molecule has 0 spiro atoms. The maximum atomic E-state index is 12.5. The standard InChI is InChI=1S/C16H16Cl2N2OS/c1-11(22-15-8-13(17)5-6-14(15)18)16(21)20(2)10-12-4-3-7-19-9-12/h3-9,11H,10H2,1-2H3. The minimum absolute atomic E-state index is 0.0323. The molecule has 2 rings (SSSR count). The Morgan fingerprint density at radius 2 is 2.14 bits per heavy atom. The molecule has 0 saturated heterocycles. The molecule has 0 saturated carbocycles. The molecule has 1 aromatic heterocycles. The average molecular weight is 355 g/mol. The van der Waals surface area contributed by atoms with Gasteiger partial charge >= 0.3 is 0 Å². The van der Waals surface area contributed by atoms with Gasteiger partial charge in [0, 0.05) is 35.9 Å². The normalized spacial score (nSPS) is 12.0. The van der Waals surface area contributed by atoms with Crippen molar-refractivity contribution in [1.82, 2.24) is 9.88 Å². The molecule has 3 nitrogen and oxygen atoms in total. The van der Waals surface area contributed by atoms with E-state index in [-0.39, 0.29) is 11.2 Å². The van der Waals surface area contributed by atoms with E-state index in [1.54, 1.807) is 42.5 Å². The number of benzene rings is 1. The molecule has 116 valence electrons. The van der Waals surface area contributed by atoms with Crippen LogP contribution in [0.2, 0.25) is 10.0 Å². The Bertz CT molecular complexity index is 652. The van der Waals surface area contributed by atoms with Gasteiger partial charge in [0.1, 0.15) is 0 Å². The molecule has 0 bridgehead atoms. The van der Waals surface area contributed by atoms with E-state index in [4.69, 9.17) is 23.2 Å². The van der Waals surface area contributed by atoms with E-state index in [2.05, 4.69) is 4.98 Å². The number of carbonyl (C=O) groups excluding carboxylic acids is 1. The zero-order valence-electron chi connectivity index (χ0n) is 12.3. The van der Waals surface area contributed by atoms with E-state index in [0.29, 0.717) is 16.6 Å². The summed E-state index contributed by atoms with van der Waals surface area (Å²) < 4.78 is 0. The van der Waals surface area contributed by atoms with Crippen molar-refractivity contribution in [2.75, 3.05) is 7.05 Å². The van der Waals surface area contributed by atoms with Gasteiger partial charge in [0.2, 0.25) is 5.91 Å². The average Bonchev–Trinajstić information content (AvgIpc) is 2.51. The molecule has 1 amide bonds. The van der Waals surface area contributed by atoms with Gasteiger partial charge in [0.25, 0.3) is 0 Å². The first-order valence-electron chi connectivity index (χ1n) is 6.73. The molecule has 0 fully saturated rings. The first kappa shape index (κ1) is 17.1. The molecule has 0 aliphatic heterocycles. The van der Waals surface area contributed by atoms with Gasteiger partial charge in [-0.1, -0.05) is 29.3 Å². The highest BCUT2D eigenvalue weighted by Crippen LogP contribution is 2.33. The lowest BCUT2D eigenvalue weighted by atomic mass is 10.2. The van der Waals surface area contributed by atoms with Crippen LogP contribution in [0.15, 0.2) is 47.6 Å². The van der Waals surface area contributed by atoms with Crippen LogP contribution < -0.4 is 0 Å². The first-order valence-corrected chi connectivity index (χ1v) is 8.36. The van der Waals surface area contributed by atoms with Gasteiger partial charge in [0.05, 0.1) is 10.3 Å². The van der Waals surface area contributed by atoms with Crippen molar-refractivity contribution in [2.45, 2.75) is 23.6 Å². The van der Waals surface area contributed by atoms with Gasteiger partial charge in [-0.05, 0) is 36.8 Å². The Hall–Kier alpha value is -1.23. The quantitative estimate of drug-likeness (QED) is 0.739. The number of nitrogens with zero attached hydrogens (tertiary/aromatic N) is 2. The molecule has 2 aromatic rings. The number of hydrogen-bond acceptors (Lipinski definition) is 3. The van der Waals surface area contributed by atoms with Gasteiger partial charge in [-0.3, -0.25) is 9.78 Å². The maximum Gasteiger partial charge on any atom is 0.235 e. The zero-order valence-corrected chi connectivity index (χ0v) is 14.6. The van der Waals surface area contributed by atoms with Gasteiger partial charge in [-0.2, -0.15) is 0 Å². The predicted octanol–water partition coefficient (Wildman–Crippen LogP) is 4.53. The Morgan fingerprint density at radius 3 is 2.82 bits per heavy atom. The van der Waals surface area contributed by atoms with Crippen LogP contribution in [0.3, 0.4) is 0 Å². The van der Waals surface area contributed by atoms with Crippen LogP contribution in [0.5, 0.6) is 0 Å². The van der Waals surface area contributed by atoms with Crippen molar-refractivity contribution in [2.24, 2.45) is 0 Å². The fraction of sp³-hybridized carbons (Fsp3) is 0.250. The minimum atomic E-state index is -0.252. The summed E-state index contributed by atoms with van der Waals surface area (Å²) in [5, 5.41) is 0.955. The van der Waals surface area contributed by atoms with Crippen molar-refractivity contribution in [3.8, 4) is 0 Å². The lowest BCUT2D eigenvalue weighted by Gasteiger charge is -2.21. The zero-order chi connectivity index (χ0) is 16.1. The van der Waals surface area contributed by atoms with E-state index in [9.17, 15) is 4.79 Å². The molecule has 22 heavy (non-hydrogen) atoms. The van der Waals surface area contributed by atoms with E-state index in [1.165, 1.54) is 11.8 Å². The van der Waals surface area contributed by atoms with E-state index in [0.717, 1.165) is 10.5 Å². The van der Waals surface area contributed by atoms with Gasteiger partial charge in [-0.15, -0.1) is 11.8 Å². The highest BCUT2D eigenvalue weighted by atomic mass is 35.5. The van der Waals surface area contributed by atoms with Crippen LogP contribution in [0, 0.1) is 0 Å². The third-order valence-corrected chi connectivity index (χ3v) is 4.89. The second-order valence-electron chi connectivity index (χ2n) is 4.89. The summed E-state index contributed by atoms with van der Waals surface area (Å²) in [6, 6.07) is 9.05. The lowest BCUT2D eigenvalue weighted by molar-refractivity contribution is -0.129. The third-order valence-electron chi connectivity index (χ3n) is 3.06. The predicted molar refractivity (Wildman–Crippen MR) is 92.5 cm³/mol. The summed E-state index contributed by atoms with van der Waals surface area (Å²) >= 11 is 13.5. The Kier molecular flexibility index (Phi) is 6.12. The number of amides is 1. The van der Waals surface area contributed by atoms with Crippen LogP contribution >= 0.6 is 35.0 Å². The summed E-state index contributed by atoms with van der Waals surface area (Å²) in [5.74, 6) is 0.0323. The third kappa shape index (κ3) is 4.63. The van der Waals surface area contributed by atoms with Crippen LogP contribution in [0.25, 0.3) is 0 Å². The van der Waals surface area contributed by atoms with Crippen LogP contribution in [0.4, 0.5) is 0 Å². The topological polar surface area (TPSA) is 33.2 Å². The van der Waals surface area contributed by atoms with Crippen molar-refractivity contribution in [3.05, 3.63) is 58.3 Å². The largest absolute Gasteiger partial charge is 0.340 e. The Morgan fingerprint density at radius 1 is 1.36 bits per heavy atom. The number of rotatable bonds is 5. The van der Waals surface area contributed by atoms with Crippen LogP contribution in [-0.2, 0) is 11.3 Å².